The summed E-state index contributed by atoms with van der Waals surface area (Å²) in [5.41, 5.74) is 8.94. The van der Waals surface area contributed by atoms with Gasteiger partial charge >= 0.3 is 0 Å². The SMILES string of the molecule is CC(=O)O.N=C(N)N.[Ag]. The quantitative estimate of drug-likeness (QED) is 0.239. The van der Waals surface area contributed by atoms with Crippen molar-refractivity contribution in [3.63, 3.8) is 0 Å². The fourth-order valence-corrected chi connectivity index (χ4v) is 0. The second-order valence-electron chi connectivity index (χ2n) is 0.974. The molecule has 0 aliphatic heterocycles. The molecule has 0 aliphatic carbocycles. The molecule has 9 heavy (non-hydrogen) atoms. The number of rotatable bonds is 0. The topological polar surface area (TPSA) is 113 Å². The van der Waals surface area contributed by atoms with Crippen molar-refractivity contribution in [2.75, 3.05) is 0 Å². The fourth-order valence-electron chi connectivity index (χ4n) is 0. The van der Waals surface area contributed by atoms with Crippen LogP contribution in [0.5, 0.6) is 0 Å². The maximum absolute atomic E-state index is 9.00. The average Bonchev–Trinajstić information content (AvgIpc) is 1.25. The summed E-state index contributed by atoms with van der Waals surface area (Å²) in [4.78, 5) is 9.00. The molecule has 0 aromatic heterocycles. The van der Waals surface area contributed by atoms with Crippen LogP contribution in [-0.2, 0) is 27.2 Å². The number of guanidine groups is 1. The van der Waals surface area contributed by atoms with Crippen LogP contribution in [0.4, 0.5) is 0 Å². The van der Waals surface area contributed by atoms with Gasteiger partial charge in [-0.3, -0.25) is 10.2 Å². The molecule has 0 unspecified atom stereocenters. The Kier molecular flexibility index (Phi) is 18.4. The van der Waals surface area contributed by atoms with Gasteiger partial charge in [-0.2, -0.15) is 0 Å². The Labute approximate surface area is 68.4 Å². The van der Waals surface area contributed by atoms with E-state index in [9.17, 15) is 0 Å². The van der Waals surface area contributed by atoms with Gasteiger partial charge in [-0.1, -0.05) is 0 Å². The predicted octanol–water partition coefficient (Wildman–Crippen LogP) is -1.07. The van der Waals surface area contributed by atoms with Crippen LogP contribution in [0.1, 0.15) is 6.92 Å². The van der Waals surface area contributed by atoms with E-state index in [-0.39, 0.29) is 28.3 Å². The van der Waals surface area contributed by atoms with Crippen molar-refractivity contribution in [3.05, 3.63) is 0 Å². The van der Waals surface area contributed by atoms with Gasteiger partial charge in [-0.25, -0.2) is 0 Å². The van der Waals surface area contributed by atoms with E-state index in [2.05, 4.69) is 11.5 Å². The Hall–Kier alpha value is -0.520. The van der Waals surface area contributed by atoms with Crippen molar-refractivity contribution >= 4 is 11.9 Å². The second-order valence-corrected chi connectivity index (χ2v) is 0.974. The molecule has 0 amide bonds. The molecule has 0 fully saturated rings. The van der Waals surface area contributed by atoms with Crippen LogP contribution in [0.25, 0.3) is 0 Å². The zero-order chi connectivity index (χ0) is 7.15. The van der Waals surface area contributed by atoms with Gasteiger partial charge in [0.25, 0.3) is 5.97 Å². The van der Waals surface area contributed by atoms with Gasteiger partial charge in [0.15, 0.2) is 5.96 Å². The van der Waals surface area contributed by atoms with E-state index >= 15 is 0 Å². The molecule has 0 heterocycles. The summed E-state index contributed by atoms with van der Waals surface area (Å²) in [6, 6.07) is 0. The molecule has 0 bridgehead atoms. The largest absolute Gasteiger partial charge is 0.481 e. The van der Waals surface area contributed by atoms with Crippen molar-refractivity contribution < 1.29 is 32.3 Å². The average molecular weight is 227 g/mol. The minimum atomic E-state index is -0.833. The van der Waals surface area contributed by atoms with Gasteiger partial charge in [0, 0.05) is 29.3 Å². The molecule has 6 N–H and O–H groups in total. The Morgan fingerprint density at radius 2 is 1.56 bits per heavy atom. The van der Waals surface area contributed by atoms with Crippen molar-refractivity contribution in [2.24, 2.45) is 11.5 Å². The first-order chi connectivity index (χ1) is 3.46. The number of carboxylic acid groups (broad SMARTS) is 1. The zero-order valence-electron chi connectivity index (χ0n) is 4.81. The van der Waals surface area contributed by atoms with E-state index in [1.165, 1.54) is 0 Å². The molecule has 0 saturated carbocycles. The number of carbonyl (C=O) groups is 1. The summed E-state index contributed by atoms with van der Waals surface area (Å²) in [6.07, 6.45) is 0. The smallest absolute Gasteiger partial charge is 0.300 e. The van der Waals surface area contributed by atoms with Gasteiger partial charge in [0.2, 0.25) is 0 Å². The van der Waals surface area contributed by atoms with Crippen molar-refractivity contribution in [1.29, 1.82) is 5.41 Å². The van der Waals surface area contributed by atoms with Crippen molar-refractivity contribution in [3.8, 4) is 0 Å². The molecule has 0 aromatic rings. The Bertz CT molecular complexity index is 75.1. The number of nitrogens with two attached hydrogens (primary N) is 2. The van der Waals surface area contributed by atoms with E-state index in [0.717, 1.165) is 6.92 Å². The van der Waals surface area contributed by atoms with Crippen molar-refractivity contribution in [2.45, 2.75) is 6.92 Å². The molecule has 6 heteroatoms. The third kappa shape index (κ3) is 832. The molecule has 0 aromatic carbocycles. The molecule has 0 atom stereocenters. The standard InChI is InChI=1S/C2H4O2.CH5N3.Ag/c1-2(3)4;2-1(3)4;/h1H3,(H,3,4);(H5,2,3,4);. The summed E-state index contributed by atoms with van der Waals surface area (Å²) in [6.45, 7) is 1.08. The van der Waals surface area contributed by atoms with Crippen LogP contribution in [0, 0.1) is 5.41 Å². The molecule has 0 spiro atoms. The number of nitrogens with one attached hydrogen (secondary N) is 1. The first-order valence-electron chi connectivity index (χ1n) is 1.76. The summed E-state index contributed by atoms with van der Waals surface area (Å²) in [5.74, 6) is -1.17. The van der Waals surface area contributed by atoms with Crippen LogP contribution in [0.3, 0.4) is 0 Å². The van der Waals surface area contributed by atoms with Gasteiger partial charge in [-0.05, 0) is 0 Å². The minimum Gasteiger partial charge on any atom is -0.481 e. The van der Waals surface area contributed by atoms with E-state index < -0.39 is 5.97 Å². The summed E-state index contributed by atoms with van der Waals surface area (Å²) < 4.78 is 0. The number of hydrogen-bond acceptors (Lipinski definition) is 2. The van der Waals surface area contributed by atoms with E-state index in [0.29, 0.717) is 0 Å². The minimum absolute atomic E-state index is 0. The molecular weight excluding hydrogens is 218 g/mol. The van der Waals surface area contributed by atoms with E-state index in [1.807, 2.05) is 0 Å². The van der Waals surface area contributed by atoms with Crippen LogP contribution < -0.4 is 11.5 Å². The monoisotopic (exact) mass is 226 g/mol. The first-order valence-corrected chi connectivity index (χ1v) is 1.76. The van der Waals surface area contributed by atoms with Crippen LogP contribution in [0.15, 0.2) is 0 Å². The maximum Gasteiger partial charge on any atom is 0.300 e. The Morgan fingerprint density at radius 3 is 1.56 bits per heavy atom. The van der Waals surface area contributed by atoms with Gasteiger partial charge in [-0.15, -0.1) is 0 Å². The fraction of sp³-hybridized carbons (Fsp3) is 0.333. The number of aliphatic carboxylic acids is 1. The third-order valence-corrected chi connectivity index (χ3v) is 0. The second kappa shape index (κ2) is 10.5. The van der Waals surface area contributed by atoms with Crippen LogP contribution >= 0.6 is 0 Å². The Balaban J connectivity index is -0.0000000720. The van der Waals surface area contributed by atoms with Gasteiger partial charge in [0.05, 0.1) is 0 Å². The van der Waals surface area contributed by atoms with Crippen LogP contribution in [0.2, 0.25) is 0 Å². The van der Waals surface area contributed by atoms with E-state index in [1.54, 1.807) is 0 Å². The molecule has 0 saturated heterocycles. The van der Waals surface area contributed by atoms with Gasteiger partial charge < -0.3 is 16.6 Å². The molecule has 0 aliphatic rings. The molecule has 59 valence electrons. The van der Waals surface area contributed by atoms with E-state index in [4.69, 9.17) is 15.3 Å². The molecule has 0 rings (SSSR count). The molecular formula is C3H9AgN3O2. The third-order valence-electron chi connectivity index (χ3n) is 0. The maximum atomic E-state index is 9.00. The molecule has 1 radical (unpaired) electrons. The summed E-state index contributed by atoms with van der Waals surface area (Å²) in [5, 5.41) is 13.5. The zero-order valence-corrected chi connectivity index (χ0v) is 6.29. The molecule has 5 nitrogen and oxygen atoms in total. The normalized spacial score (nSPS) is 5.44. The predicted molar refractivity (Wildman–Crippen MR) is 29.4 cm³/mol. The first kappa shape index (κ1) is 15.8. The summed E-state index contributed by atoms with van der Waals surface area (Å²) >= 11 is 0. The summed E-state index contributed by atoms with van der Waals surface area (Å²) in [7, 11) is 0. The van der Waals surface area contributed by atoms with Gasteiger partial charge in [0.1, 0.15) is 0 Å². The number of carboxylic acids is 1. The Morgan fingerprint density at radius 1 is 1.56 bits per heavy atom. The van der Waals surface area contributed by atoms with Crippen LogP contribution in [-0.4, -0.2) is 17.0 Å². The number of hydrogen-bond donors (Lipinski definition) is 4. The van der Waals surface area contributed by atoms with Crippen molar-refractivity contribution in [1.82, 2.24) is 0 Å².